The highest BCUT2D eigenvalue weighted by Crippen LogP contribution is 2.15. The lowest BCUT2D eigenvalue weighted by atomic mass is 10.1. The number of nitrogens with one attached hydrogen (secondary N) is 1. The van der Waals surface area contributed by atoms with E-state index in [1.165, 1.54) is 13.2 Å². The first-order valence-corrected chi connectivity index (χ1v) is 8.98. The molecule has 2 amide bonds. The van der Waals surface area contributed by atoms with Crippen molar-refractivity contribution in [1.29, 1.82) is 0 Å². The lowest BCUT2D eigenvalue weighted by Gasteiger charge is -2.19. The molecule has 0 saturated heterocycles. The molecule has 7 heteroatoms. The van der Waals surface area contributed by atoms with E-state index in [0.717, 1.165) is 0 Å². The Labute approximate surface area is 164 Å². The highest BCUT2D eigenvalue weighted by molar-refractivity contribution is 5.97. The van der Waals surface area contributed by atoms with Gasteiger partial charge in [-0.3, -0.25) is 9.59 Å². The minimum absolute atomic E-state index is 0.0861. The van der Waals surface area contributed by atoms with Crippen molar-refractivity contribution in [2.45, 2.75) is 13.8 Å². The first-order chi connectivity index (χ1) is 13.5. The van der Waals surface area contributed by atoms with Crippen LogP contribution in [0.4, 0.5) is 5.69 Å². The van der Waals surface area contributed by atoms with Crippen molar-refractivity contribution in [3.8, 4) is 5.75 Å². The molecule has 2 aromatic rings. The van der Waals surface area contributed by atoms with Crippen LogP contribution in [0.2, 0.25) is 0 Å². The van der Waals surface area contributed by atoms with E-state index < -0.39 is 5.97 Å². The fraction of sp³-hybridized carbons (Fsp3) is 0.286. The first-order valence-electron chi connectivity index (χ1n) is 8.98. The predicted molar refractivity (Wildman–Crippen MR) is 106 cm³/mol. The quantitative estimate of drug-likeness (QED) is 0.708. The molecule has 0 bridgehead atoms. The van der Waals surface area contributed by atoms with Gasteiger partial charge in [0.05, 0.1) is 12.7 Å². The zero-order valence-corrected chi connectivity index (χ0v) is 16.2. The molecule has 7 nitrogen and oxygen atoms in total. The maximum absolute atomic E-state index is 12.4. The number of benzene rings is 2. The SMILES string of the molecule is CCN(CC)C(=O)c1cccc(NC(=O)COc2cccc(C(=O)OC)c2)c1. The van der Waals surface area contributed by atoms with Crippen molar-refractivity contribution in [2.75, 3.05) is 32.1 Å². The van der Waals surface area contributed by atoms with Crippen LogP contribution in [0.25, 0.3) is 0 Å². The zero-order chi connectivity index (χ0) is 20.5. The molecule has 0 aliphatic carbocycles. The fourth-order valence-electron chi connectivity index (χ4n) is 2.60. The molecular weight excluding hydrogens is 360 g/mol. The number of esters is 1. The van der Waals surface area contributed by atoms with Crippen LogP contribution in [-0.4, -0.2) is 49.5 Å². The number of rotatable bonds is 8. The highest BCUT2D eigenvalue weighted by atomic mass is 16.5. The van der Waals surface area contributed by atoms with Gasteiger partial charge < -0.3 is 19.7 Å². The average Bonchev–Trinajstić information content (AvgIpc) is 2.73. The maximum atomic E-state index is 12.4. The lowest BCUT2D eigenvalue weighted by molar-refractivity contribution is -0.118. The third-order valence-electron chi connectivity index (χ3n) is 4.07. The van der Waals surface area contributed by atoms with E-state index >= 15 is 0 Å². The second-order valence-corrected chi connectivity index (χ2v) is 5.91. The Hall–Kier alpha value is -3.35. The van der Waals surface area contributed by atoms with Gasteiger partial charge in [0.2, 0.25) is 0 Å². The molecule has 148 valence electrons. The molecule has 0 fully saturated rings. The van der Waals surface area contributed by atoms with Crippen LogP contribution in [0.5, 0.6) is 5.75 Å². The van der Waals surface area contributed by atoms with Gasteiger partial charge in [-0.2, -0.15) is 0 Å². The van der Waals surface area contributed by atoms with E-state index in [1.54, 1.807) is 47.4 Å². The third kappa shape index (κ3) is 5.57. The van der Waals surface area contributed by atoms with Crippen molar-refractivity contribution < 1.29 is 23.9 Å². The Morgan fingerprint density at radius 3 is 2.32 bits per heavy atom. The topological polar surface area (TPSA) is 84.9 Å². The number of anilines is 1. The van der Waals surface area contributed by atoms with Gasteiger partial charge in [-0.1, -0.05) is 12.1 Å². The number of hydrogen-bond donors (Lipinski definition) is 1. The Kier molecular flexibility index (Phi) is 7.56. The van der Waals surface area contributed by atoms with Crippen LogP contribution in [0, 0.1) is 0 Å². The molecule has 0 atom stereocenters. The summed E-state index contributed by atoms with van der Waals surface area (Å²) in [5.74, 6) is -0.569. The van der Waals surface area contributed by atoms with E-state index in [2.05, 4.69) is 10.1 Å². The molecule has 28 heavy (non-hydrogen) atoms. The Morgan fingerprint density at radius 2 is 1.64 bits per heavy atom. The zero-order valence-electron chi connectivity index (χ0n) is 16.2. The van der Waals surface area contributed by atoms with Crippen LogP contribution in [-0.2, 0) is 9.53 Å². The molecule has 0 heterocycles. The van der Waals surface area contributed by atoms with Gasteiger partial charge in [0, 0.05) is 24.3 Å². The standard InChI is InChI=1S/C21H24N2O5/c1-4-23(5-2)20(25)15-8-6-10-17(12-15)22-19(24)14-28-18-11-7-9-16(13-18)21(26)27-3/h6-13H,4-5,14H2,1-3H3,(H,22,24). The summed E-state index contributed by atoms with van der Waals surface area (Å²) < 4.78 is 10.1. The van der Waals surface area contributed by atoms with Gasteiger partial charge in [-0.25, -0.2) is 4.79 Å². The Morgan fingerprint density at radius 1 is 0.964 bits per heavy atom. The second-order valence-electron chi connectivity index (χ2n) is 5.91. The molecule has 0 saturated carbocycles. The van der Waals surface area contributed by atoms with Crippen molar-refractivity contribution in [3.05, 3.63) is 59.7 Å². The number of carbonyl (C=O) groups is 3. The Bertz CT molecular complexity index is 846. The highest BCUT2D eigenvalue weighted by Gasteiger charge is 2.13. The monoisotopic (exact) mass is 384 g/mol. The molecule has 1 N–H and O–H groups in total. The summed E-state index contributed by atoms with van der Waals surface area (Å²) in [6.45, 7) is 4.83. The van der Waals surface area contributed by atoms with E-state index in [4.69, 9.17) is 4.74 Å². The summed E-state index contributed by atoms with van der Waals surface area (Å²) in [6, 6.07) is 13.1. The van der Waals surface area contributed by atoms with Crippen LogP contribution in [0.15, 0.2) is 48.5 Å². The summed E-state index contributed by atoms with van der Waals surface area (Å²) in [5.41, 5.74) is 1.35. The van der Waals surface area contributed by atoms with Crippen molar-refractivity contribution in [1.82, 2.24) is 4.90 Å². The Balaban J connectivity index is 1.97. The number of hydrogen-bond acceptors (Lipinski definition) is 5. The van der Waals surface area contributed by atoms with Crippen LogP contribution in [0.1, 0.15) is 34.6 Å². The molecule has 0 aliphatic rings. The number of nitrogens with zero attached hydrogens (tertiary/aromatic N) is 1. The smallest absolute Gasteiger partial charge is 0.337 e. The van der Waals surface area contributed by atoms with Gasteiger partial charge >= 0.3 is 5.97 Å². The third-order valence-corrected chi connectivity index (χ3v) is 4.07. The van der Waals surface area contributed by atoms with E-state index in [9.17, 15) is 14.4 Å². The fourth-order valence-corrected chi connectivity index (χ4v) is 2.60. The molecule has 2 aromatic carbocycles. The summed E-state index contributed by atoms with van der Waals surface area (Å²) in [5, 5.41) is 2.70. The normalized spacial score (nSPS) is 10.1. The predicted octanol–water partition coefficient (Wildman–Crippen LogP) is 2.97. The second kappa shape index (κ2) is 10.1. The molecule has 0 spiro atoms. The minimum Gasteiger partial charge on any atom is -0.484 e. The molecule has 0 unspecified atom stereocenters. The first kappa shape index (κ1) is 21.0. The van der Waals surface area contributed by atoms with Crippen LogP contribution in [0.3, 0.4) is 0 Å². The van der Waals surface area contributed by atoms with Gasteiger partial charge in [0.25, 0.3) is 11.8 Å². The summed E-state index contributed by atoms with van der Waals surface area (Å²) in [4.78, 5) is 37.8. The van der Waals surface area contributed by atoms with E-state index in [-0.39, 0.29) is 18.4 Å². The summed E-state index contributed by atoms with van der Waals surface area (Å²) in [7, 11) is 1.29. The maximum Gasteiger partial charge on any atom is 0.337 e. The molecule has 2 rings (SSSR count). The molecule has 0 aliphatic heterocycles. The largest absolute Gasteiger partial charge is 0.484 e. The van der Waals surface area contributed by atoms with Crippen molar-refractivity contribution in [3.63, 3.8) is 0 Å². The molecule has 0 aromatic heterocycles. The molecular formula is C21H24N2O5. The van der Waals surface area contributed by atoms with Crippen LogP contribution >= 0.6 is 0 Å². The van der Waals surface area contributed by atoms with Crippen LogP contribution < -0.4 is 10.1 Å². The number of amides is 2. The summed E-state index contributed by atoms with van der Waals surface area (Å²) in [6.07, 6.45) is 0. The van der Waals surface area contributed by atoms with E-state index in [1.807, 2.05) is 13.8 Å². The van der Waals surface area contributed by atoms with Crippen molar-refractivity contribution in [2.24, 2.45) is 0 Å². The summed E-state index contributed by atoms with van der Waals surface area (Å²) >= 11 is 0. The average molecular weight is 384 g/mol. The van der Waals surface area contributed by atoms with Gasteiger partial charge in [-0.05, 0) is 50.2 Å². The van der Waals surface area contributed by atoms with Crippen molar-refractivity contribution >= 4 is 23.5 Å². The van der Waals surface area contributed by atoms with Gasteiger partial charge in [0.15, 0.2) is 6.61 Å². The van der Waals surface area contributed by atoms with E-state index in [0.29, 0.717) is 35.7 Å². The van der Waals surface area contributed by atoms with Gasteiger partial charge in [-0.15, -0.1) is 0 Å². The number of methoxy groups -OCH3 is 1. The molecule has 0 radical (unpaired) electrons. The number of carbonyl (C=O) groups excluding carboxylic acids is 3. The number of ether oxygens (including phenoxy) is 2. The minimum atomic E-state index is -0.482. The lowest BCUT2D eigenvalue weighted by Crippen LogP contribution is -2.30. The van der Waals surface area contributed by atoms with Gasteiger partial charge in [0.1, 0.15) is 5.75 Å².